The zero-order valence-electron chi connectivity index (χ0n) is 29.8. The minimum absolute atomic E-state index is 0.0568. The summed E-state index contributed by atoms with van der Waals surface area (Å²) in [5.41, 5.74) is 2.24. The predicted octanol–water partition coefficient (Wildman–Crippen LogP) is 3.70. The van der Waals surface area contributed by atoms with Crippen LogP contribution in [0, 0.1) is 0 Å². The number of hydrogen-bond acceptors (Lipinski definition) is 9. The Morgan fingerprint density at radius 3 is 1.60 bits per heavy atom. The van der Waals surface area contributed by atoms with Crippen molar-refractivity contribution in [2.75, 3.05) is 52.3 Å². The van der Waals surface area contributed by atoms with E-state index in [9.17, 15) is 22.8 Å². The van der Waals surface area contributed by atoms with Crippen LogP contribution in [-0.2, 0) is 32.6 Å². The van der Waals surface area contributed by atoms with Gasteiger partial charge in [-0.25, -0.2) is 9.52 Å². The molecule has 0 aliphatic heterocycles. The van der Waals surface area contributed by atoms with Crippen LogP contribution in [0.5, 0.6) is 23.0 Å². The molecule has 0 aromatic heterocycles. The molecule has 0 saturated carbocycles. The number of likely N-dealkylation sites (N-methyl/N-ethyl adjacent to an activating group) is 2. The van der Waals surface area contributed by atoms with Crippen molar-refractivity contribution in [1.82, 2.24) is 14.8 Å². The third-order valence-electron chi connectivity index (χ3n) is 8.15. The molecule has 4 amide bonds. The normalized spacial score (nSPS) is 12.1. The van der Waals surface area contributed by atoms with Crippen LogP contribution in [0.25, 0.3) is 0 Å². The molecule has 276 valence electrons. The molecular weight excluding hydrogens is 690 g/mol. The van der Waals surface area contributed by atoms with Crippen molar-refractivity contribution in [3.8, 4) is 23.0 Å². The van der Waals surface area contributed by atoms with E-state index in [4.69, 9.17) is 18.9 Å². The molecule has 0 aliphatic carbocycles. The summed E-state index contributed by atoms with van der Waals surface area (Å²) in [7, 11) is 4.16. The highest BCUT2D eigenvalue weighted by molar-refractivity contribution is 7.88. The number of anilines is 2. The van der Waals surface area contributed by atoms with Crippen LogP contribution in [0.15, 0.2) is 97.1 Å². The van der Waals surface area contributed by atoms with Crippen LogP contribution >= 0.6 is 0 Å². The molecule has 0 radical (unpaired) electrons. The topological polar surface area (TPSA) is 165 Å². The SMILES string of the molecule is COc1ccc(N(C)C(=O)[C@H](Cc2ccccc2)NC(=O)NS(=O)(=O)N[C@@H](Cc2ccccc2)C(=O)N(C)c2cc(OC)c(OC)c(OC)c2)cc1. The van der Waals surface area contributed by atoms with Crippen molar-refractivity contribution in [3.63, 3.8) is 0 Å². The van der Waals surface area contributed by atoms with Gasteiger partial charge in [-0.05, 0) is 41.8 Å². The van der Waals surface area contributed by atoms with Gasteiger partial charge >= 0.3 is 16.2 Å². The van der Waals surface area contributed by atoms with Crippen LogP contribution in [0.1, 0.15) is 11.1 Å². The Labute approximate surface area is 303 Å². The Morgan fingerprint density at radius 1 is 0.635 bits per heavy atom. The fourth-order valence-corrected chi connectivity index (χ4v) is 6.31. The number of nitrogens with one attached hydrogen (secondary N) is 3. The second-order valence-corrected chi connectivity index (χ2v) is 13.0. The van der Waals surface area contributed by atoms with Gasteiger partial charge < -0.3 is 34.1 Å². The molecule has 4 aromatic rings. The lowest BCUT2D eigenvalue weighted by atomic mass is 10.0. The molecule has 3 N–H and O–H groups in total. The molecule has 2 atom stereocenters. The van der Waals surface area contributed by atoms with Gasteiger partial charge in [-0.2, -0.15) is 13.1 Å². The zero-order valence-corrected chi connectivity index (χ0v) is 30.6. The largest absolute Gasteiger partial charge is 0.497 e. The Bertz CT molecular complexity index is 1900. The molecule has 0 heterocycles. The summed E-state index contributed by atoms with van der Waals surface area (Å²) in [5, 5.41) is 2.51. The van der Waals surface area contributed by atoms with Gasteiger partial charge in [0, 0.05) is 38.3 Å². The quantitative estimate of drug-likeness (QED) is 0.156. The summed E-state index contributed by atoms with van der Waals surface area (Å²) >= 11 is 0. The lowest BCUT2D eigenvalue weighted by molar-refractivity contribution is -0.120. The molecule has 15 heteroatoms. The molecule has 4 rings (SSSR count). The summed E-state index contributed by atoms with van der Waals surface area (Å²) < 4.78 is 52.7. The highest BCUT2D eigenvalue weighted by Gasteiger charge is 2.32. The first-order chi connectivity index (χ1) is 24.9. The average Bonchev–Trinajstić information content (AvgIpc) is 3.16. The number of hydrogen-bond donors (Lipinski definition) is 3. The molecule has 0 bridgehead atoms. The highest BCUT2D eigenvalue weighted by atomic mass is 32.2. The Kier molecular flexibility index (Phi) is 13.4. The Morgan fingerprint density at radius 2 is 1.12 bits per heavy atom. The number of amides is 4. The number of rotatable bonds is 16. The molecule has 0 spiro atoms. The third-order valence-corrected chi connectivity index (χ3v) is 9.20. The highest BCUT2D eigenvalue weighted by Crippen LogP contribution is 2.41. The maximum atomic E-state index is 14.0. The standard InChI is InChI=1S/C37H43N5O9S/c1-41(27-17-19-29(48-3)20-18-27)35(43)30(21-25-13-9-7-10-14-25)38-37(45)40-52(46,47)39-31(22-26-15-11-8-12-16-26)36(44)42(2)28-23-32(49-4)34(51-6)33(24-28)50-5/h7-20,23-24,30-31,39H,21-22H2,1-6H3,(H2,38,40,45)/t30-,31-/m0/s1. The van der Waals surface area contributed by atoms with Crippen LogP contribution in [0.3, 0.4) is 0 Å². The maximum Gasteiger partial charge on any atom is 0.330 e. The van der Waals surface area contributed by atoms with Crippen molar-refractivity contribution in [1.29, 1.82) is 0 Å². The molecule has 4 aromatic carbocycles. The van der Waals surface area contributed by atoms with Crippen molar-refractivity contribution in [2.24, 2.45) is 0 Å². The number of carbonyl (C=O) groups is 3. The van der Waals surface area contributed by atoms with Gasteiger partial charge in [-0.1, -0.05) is 60.7 Å². The maximum absolute atomic E-state index is 14.0. The first-order valence-electron chi connectivity index (χ1n) is 16.1. The van der Waals surface area contributed by atoms with E-state index in [1.165, 1.54) is 45.3 Å². The van der Waals surface area contributed by atoms with Crippen LogP contribution < -0.4 is 43.5 Å². The lowest BCUT2D eigenvalue weighted by Gasteiger charge is -2.27. The van der Waals surface area contributed by atoms with E-state index in [1.54, 1.807) is 98.0 Å². The number of methoxy groups -OCH3 is 4. The van der Waals surface area contributed by atoms with Crippen molar-refractivity contribution >= 4 is 39.4 Å². The zero-order chi connectivity index (χ0) is 37.8. The van der Waals surface area contributed by atoms with E-state index >= 15 is 0 Å². The van der Waals surface area contributed by atoms with Crippen LogP contribution in [0.4, 0.5) is 16.2 Å². The minimum Gasteiger partial charge on any atom is -0.497 e. The molecule has 0 fully saturated rings. The first kappa shape index (κ1) is 39.0. The van der Waals surface area contributed by atoms with E-state index in [0.717, 1.165) is 5.56 Å². The lowest BCUT2D eigenvalue weighted by Crippen LogP contribution is -2.57. The van der Waals surface area contributed by atoms with Crippen molar-refractivity contribution in [3.05, 3.63) is 108 Å². The van der Waals surface area contributed by atoms with Gasteiger partial charge in [0.1, 0.15) is 17.8 Å². The van der Waals surface area contributed by atoms with Gasteiger partial charge in [-0.15, -0.1) is 0 Å². The van der Waals surface area contributed by atoms with E-state index in [0.29, 0.717) is 28.4 Å². The van der Waals surface area contributed by atoms with Gasteiger partial charge in [0.2, 0.25) is 17.6 Å². The average molecular weight is 734 g/mol. The van der Waals surface area contributed by atoms with E-state index < -0.39 is 40.1 Å². The van der Waals surface area contributed by atoms with Gasteiger partial charge in [0.05, 0.1) is 34.1 Å². The number of urea groups is 1. The number of benzene rings is 4. The Hall–Kier alpha value is -5.80. The molecule has 14 nitrogen and oxygen atoms in total. The van der Waals surface area contributed by atoms with Crippen molar-refractivity contribution in [2.45, 2.75) is 24.9 Å². The van der Waals surface area contributed by atoms with Gasteiger partial charge in [0.25, 0.3) is 0 Å². The van der Waals surface area contributed by atoms with E-state index in [2.05, 4.69) is 10.0 Å². The van der Waals surface area contributed by atoms with Crippen molar-refractivity contribution < 1.29 is 41.7 Å². The van der Waals surface area contributed by atoms with Crippen LogP contribution in [-0.4, -0.2) is 80.9 Å². The smallest absolute Gasteiger partial charge is 0.330 e. The summed E-state index contributed by atoms with van der Waals surface area (Å²) in [6.45, 7) is 0. The molecular formula is C37H43N5O9S. The second kappa shape index (κ2) is 17.9. The fraction of sp³-hybridized carbons (Fsp3) is 0.270. The monoisotopic (exact) mass is 733 g/mol. The number of carbonyl (C=O) groups excluding carboxylic acids is 3. The minimum atomic E-state index is -4.69. The fourth-order valence-electron chi connectivity index (χ4n) is 5.39. The molecule has 0 saturated heterocycles. The summed E-state index contributed by atoms with van der Waals surface area (Å²) in [4.78, 5) is 43.6. The van der Waals surface area contributed by atoms with Crippen LogP contribution in [0.2, 0.25) is 0 Å². The molecule has 0 aliphatic rings. The second-order valence-electron chi connectivity index (χ2n) is 11.6. The Balaban J connectivity index is 1.57. The first-order valence-corrected chi connectivity index (χ1v) is 17.6. The van der Waals surface area contributed by atoms with Gasteiger partial charge in [0.15, 0.2) is 11.5 Å². The predicted molar refractivity (Wildman–Crippen MR) is 198 cm³/mol. The summed E-state index contributed by atoms with van der Waals surface area (Å²) in [5.74, 6) is 0.324. The summed E-state index contributed by atoms with van der Waals surface area (Å²) in [6.07, 6.45) is 0.00844. The number of ether oxygens (including phenoxy) is 4. The summed E-state index contributed by atoms with van der Waals surface area (Å²) in [6, 6.07) is 23.9. The molecule has 52 heavy (non-hydrogen) atoms. The number of nitrogens with zero attached hydrogens (tertiary/aromatic N) is 2. The molecule has 0 unspecified atom stereocenters. The van der Waals surface area contributed by atoms with E-state index in [1.807, 2.05) is 10.8 Å². The van der Waals surface area contributed by atoms with E-state index in [-0.39, 0.29) is 24.3 Å². The van der Waals surface area contributed by atoms with Gasteiger partial charge in [-0.3, -0.25) is 9.59 Å². The third kappa shape index (κ3) is 10.1.